The first-order chi connectivity index (χ1) is 9.85. The molecule has 5 heteroatoms. The molecule has 0 aliphatic rings. The zero-order valence-corrected chi connectivity index (χ0v) is 14.0. The number of nitrogens with one attached hydrogen (secondary N) is 2. The van der Waals surface area contributed by atoms with Crippen LogP contribution in [-0.4, -0.2) is 28.5 Å². The lowest BCUT2D eigenvalue weighted by atomic mass is 10.1. The number of hydrogen-bond acceptors (Lipinski definition) is 4. The molecule has 1 amide bonds. The molecule has 0 aliphatic heterocycles. The number of hydrogen-bond donors (Lipinski definition) is 2. The average molecular weight is 292 g/mol. The molecule has 1 unspecified atom stereocenters. The molecule has 1 rings (SSSR count). The maximum atomic E-state index is 12.5. The van der Waals surface area contributed by atoms with E-state index in [0.717, 1.165) is 13.0 Å². The first-order valence-electron chi connectivity index (χ1n) is 7.76. The maximum Gasteiger partial charge on any atom is 0.272 e. The number of carbonyl (C=O) groups is 1. The summed E-state index contributed by atoms with van der Waals surface area (Å²) in [5.74, 6) is 1.30. The third-order valence-corrected chi connectivity index (χ3v) is 3.11. The van der Waals surface area contributed by atoms with Gasteiger partial charge in [0.25, 0.3) is 5.91 Å². The molecule has 0 aromatic carbocycles. The fraction of sp³-hybridized carbons (Fsp3) is 0.688. The van der Waals surface area contributed by atoms with Gasteiger partial charge in [0.15, 0.2) is 5.69 Å². The molecule has 0 saturated heterocycles. The molecule has 5 nitrogen and oxygen atoms in total. The van der Waals surface area contributed by atoms with Crippen LogP contribution in [0, 0.1) is 5.92 Å². The van der Waals surface area contributed by atoms with Gasteiger partial charge in [0.05, 0.1) is 11.9 Å². The van der Waals surface area contributed by atoms with Crippen molar-refractivity contribution in [2.75, 3.05) is 11.9 Å². The van der Waals surface area contributed by atoms with Gasteiger partial charge >= 0.3 is 0 Å². The summed E-state index contributed by atoms with van der Waals surface area (Å²) >= 11 is 0. The van der Waals surface area contributed by atoms with Crippen LogP contribution in [0.2, 0.25) is 0 Å². The highest BCUT2D eigenvalue weighted by Crippen LogP contribution is 2.16. The van der Waals surface area contributed by atoms with Crippen LogP contribution in [0.5, 0.6) is 0 Å². The molecule has 0 aliphatic carbocycles. The van der Waals surface area contributed by atoms with Crippen molar-refractivity contribution in [3.05, 3.63) is 17.7 Å². The zero-order chi connectivity index (χ0) is 16.0. The Bertz CT molecular complexity index is 471. The van der Waals surface area contributed by atoms with E-state index in [1.807, 2.05) is 27.7 Å². The summed E-state index contributed by atoms with van der Waals surface area (Å²) in [7, 11) is 0. The van der Waals surface area contributed by atoms with Gasteiger partial charge in [-0.05, 0) is 26.2 Å². The molecule has 1 aromatic rings. The highest BCUT2D eigenvalue weighted by Gasteiger charge is 2.18. The molecule has 0 saturated carbocycles. The SMILES string of the molecule is CCNc1cnc(C(C)C)nc1C(=O)NC(C)CC(C)C. The van der Waals surface area contributed by atoms with Crippen LogP contribution in [0.4, 0.5) is 5.69 Å². The molecule has 2 N–H and O–H groups in total. The second-order valence-corrected chi connectivity index (χ2v) is 6.18. The average Bonchev–Trinajstić information content (AvgIpc) is 2.37. The Hall–Kier alpha value is -1.65. The Morgan fingerprint density at radius 2 is 1.90 bits per heavy atom. The lowest BCUT2D eigenvalue weighted by molar-refractivity contribution is 0.0931. The van der Waals surface area contributed by atoms with Crippen LogP contribution in [0.15, 0.2) is 6.20 Å². The van der Waals surface area contributed by atoms with Crippen molar-refractivity contribution in [2.24, 2.45) is 5.92 Å². The topological polar surface area (TPSA) is 66.9 Å². The number of carbonyl (C=O) groups excluding carboxylic acids is 1. The standard InChI is InChI=1S/C16H28N4O/c1-7-17-13-9-18-15(11(4)5)20-14(13)16(21)19-12(6)8-10(2)3/h9-12,17H,7-8H2,1-6H3,(H,19,21). The van der Waals surface area contributed by atoms with Gasteiger partial charge in [0.1, 0.15) is 5.82 Å². The summed E-state index contributed by atoms with van der Waals surface area (Å²) in [4.78, 5) is 21.2. The Kier molecular flexibility index (Phi) is 6.59. The number of aromatic nitrogens is 2. The number of nitrogens with zero attached hydrogens (tertiary/aromatic N) is 2. The molecule has 21 heavy (non-hydrogen) atoms. The lowest BCUT2D eigenvalue weighted by Gasteiger charge is -2.17. The summed E-state index contributed by atoms with van der Waals surface area (Å²) in [6.45, 7) is 13.1. The minimum Gasteiger partial charge on any atom is -0.382 e. The van der Waals surface area contributed by atoms with Gasteiger partial charge in [-0.1, -0.05) is 27.7 Å². The highest BCUT2D eigenvalue weighted by molar-refractivity contribution is 5.97. The predicted octanol–water partition coefficient (Wildman–Crippen LogP) is 3.20. The molecule has 118 valence electrons. The van der Waals surface area contributed by atoms with Crippen molar-refractivity contribution < 1.29 is 4.79 Å². The first kappa shape index (κ1) is 17.4. The summed E-state index contributed by atoms with van der Waals surface area (Å²) in [6.07, 6.45) is 2.65. The van der Waals surface area contributed by atoms with E-state index in [9.17, 15) is 4.79 Å². The number of amides is 1. The van der Waals surface area contributed by atoms with Crippen molar-refractivity contribution >= 4 is 11.6 Å². The van der Waals surface area contributed by atoms with Gasteiger partial charge in [-0.2, -0.15) is 0 Å². The van der Waals surface area contributed by atoms with E-state index in [1.54, 1.807) is 6.20 Å². The molecular formula is C16H28N4O. The van der Waals surface area contributed by atoms with Crippen molar-refractivity contribution in [3.63, 3.8) is 0 Å². The van der Waals surface area contributed by atoms with E-state index in [2.05, 4.69) is 34.4 Å². The fourth-order valence-corrected chi connectivity index (χ4v) is 2.22. The minimum absolute atomic E-state index is 0.129. The van der Waals surface area contributed by atoms with E-state index in [4.69, 9.17) is 0 Å². The molecular weight excluding hydrogens is 264 g/mol. The Morgan fingerprint density at radius 3 is 2.43 bits per heavy atom. The third kappa shape index (κ3) is 5.33. The van der Waals surface area contributed by atoms with Crippen LogP contribution in [-0.2, 0) is 0 Å². The van der Waals surface area contributed by atoms with Gasteiger partial charge in [0.2, 0.25) is 0 Å². The van der Waals surface area contributed by atoms with Crippen molar-refractivity contribution in [3.8, 4) is 0 Å². The quantitative estimate of drug-likeness (QED) is 0.810. The van der Waals surface area contributed by atoms with Crippen LogP contribution in [0.25, 0.3) is 0 Å². The van der Waals surface area contributed by atoms with Gasteiger partial charge < -0.3 is 10.6 Å². The Morgan fingerprint density at radius 1 is 1.24 bits per heavy atom. The molecule has 0 bridgehead atoms. The smallest absolute Gasteiger partial charge is 0.272 e. The van der Waals surface area contributed by atoms with Crippen LogP contribution >= 0.6 is 0 Å². The van der Waals surface area contributed by atoms with Crippen molar-refractivity contribution in [2.45, 2.75) is 59.9 Å². The minimum atomic E-state index is -0.136. The fourth-order valence-electron chi connectivity index (χ4n) is 2.22. The van der Waals surface area contributed by atoms with E-state index < -0.39 is 0 Å². The number of anilines is 1. The van der Waals surface area contributed by atoms with E-state index >= 15 is 0 Å². The van der Waals surface area contributed by atoms with Crippen LogP contribution < -0.4 is 10.6 Å². The molecule has 1 heterocycles. The van der Waals surface area contributed by atoms with Crippen molar-refractivity contribution in [1.29, 1.82) is 0 Å². The summed E-state index contributed by atoms with van der Waals surface area (Å²) in [6, 6.07) is 0.129. The summed E-state index contributed by atoms with van der Waals surface area (Å²) in [5, 5.41) is 6.17. The van der Waals surface area contributed by atoms with Gasteiger partial charge in [-0.15, -0.1) is 0 Å². The first-order valence-corrected chi connectivity index (χ1v) is 7.76. The normalized spacial score (nSPS) is 12.6. The van der Waals surface area contributed by atoms with Crippen molar-refractivity contribution in [1.82, 2.24) is 15.3 Å². The summed E-state index contributed by atoms with van der Waals surface area (Å²) in [5.41, 5.74) is 1.13. The van der Waals surface area contributed by atoms with Gasteiger partial charge in [-0.3, -0.25) is 4.79 Å². The van der Waals surface area contributed by atoms with Crippen LogP contribution in [0.3, 0.4) is 0 Å². The molecule has 1 atom stereocenters. The largest absolute Gasteiger partial charge is 0.382 e. The molecule has 1 aromatic heterocycles. The van der Waals surface area contributed by atoms with E-state index in [-0.39, 0.29) is 17.9 Å². The number of rotatable bonds is 7. The second-order valence-electron chi connectivity index (χ2n) is 6.18. The predicted molar refractivity (Wildman–Crippen MR) is 86.7 cm³/mol. The zero-order valence-electron chi connectivity index (χ0n) is 14.0. The molecule has 0 spiro atoms. The van der Waals surface area contributed by atoms with Gasteiger partial charge in [0, 0.05) is 18.5 Å². The molecule has 0 fully saturated rings. The lowest BCUT2D eigenvalue weighted by Crippen LogP contribution is -2.34. The second kappa shape index (κ2) is 7.96. The highest BCUT2D eigenvalue weighted by atomic mass is 16.2. The maximum absolute atomic E-state index is 12.5. The molecule has 0 radical (unpaired) electrons. The van der Waals surface area contributed by atoms with E-state index in [0.29, 0.717) is 23.1 Å². The third-order valence-electron chi connectivity index (χ3n) is 3.11. The van der Waals surface area contributed by atoms with Crippen LogP contribution in [0.1, 0.15) is 70.2 Å². The van der Waals surface area contributed by atoms with E-state index in [1.165, 1.54) is 0 Å². The summed E-state index contributed by atoms with van der Waals surface area (Å²) < 4.78 is 0. The Labute approximate surface area is 128 Å². The monoisotopic (exact) mass is 292 g/mol. The Balaban J connectivity index is 2.96. The van der Waals surface area contributed by atoms with Gasteiger partial charge in [-0.25, -0.2) is 9.97 Å².